The molecular weight excluding hydrogens is 414 g/mol. The van der Waals surface area contributed by atoms with Crippen LogP contribution in [0.15, 0.2) is 66.9 Å². The summed E-state index contributed by atoms with van der Waals surface area (Å²) in [5, 5.41) is 4.71. The Labute approximate surface area is 184 Å². The molecule has 8 heteroatoms. The van der Waals surface area contributed by atoms with Crippen LogP contribution in [0.3, 0.4) is 0 Å². The van der Waals surface area contributed by atoms with Crippen LogP contribution in [-0.4, -0.2) is 60.1 Å². The SMILES string of the molecule is CS(=O)(=O)O.c1ccc(-c2cn(-c3ccccc3)nc2OCCCN2CCCC2)cc1. The van der Waals surface area contributed by atoms with Gasteiger partial charge in [0.15, 0.2) is 0 Å². The zero-order valence-electron chi connectivity index (χ0n) is 17.7. The molecule has 2 aromatic carbocycles. The molecule has 0 bridgehead atoms. The zero-order valence-corrected chi connectivity index (χ0v) is 18.5. The third-order valence-electron chi connectivity index (χ3n) is 4.84. The van der Waals surface area contributed by atoms with Gasteiger partial charge in [-0.05, 0) is 50.0 Å². The molecule has 31 heavy (non-hydrogen) atoms. The molecule has 1 aliphatic rings. The number of hydrogen-bond acceptors (Lipinski definition) is 5. The largest absolute Gasteiger partial charge is 0.476 e. The van der Waals surface area contributed by atoms with Gasteiger partial charge in [-0.3, -0.25) is 4.55 Å². The highest BCUT2D eigenvalue weighted by atomic mass is 32.2. The molecule has 3 aromatic rings. The average Bonchev–Trinajstić information content (AvgIpc) is 3.41. The van der Waals surface area contributed by atoms with E-state index in [0.717, 1.165) is 29.8 Å². The summed E-state index contributed by atoms with van der Waals surface area (Å²) >= 11 is 0. The Hall–Kier alpha value is -2.68. The average molecular weight is 444 g/mol. The molecule has 1 fully saturated rings. The summed E-state index contributed by atoms with van der Waals surface area (Å²) < 4.78 is 33.9. The fraction of sp³-hybridized carbons (Fsp3) is 0.348. The first kappa shape index (κ1) is 23.0. The lowest BCUT2D eigenvalue weighted by Crippen LogP contribution is -2.22. The van der Waals surface area contributed by atoms with E-state index >= 15 is 0 Å². The molecule has 2 heterocycles. The third kappa shape index (κ3) is 7.82. The number of para-hydroxylation sites is 1. The van der Waals surface area contributed by atoms with Gasteiger partial charge in [0.1, 0.15) is 0 Å². The topological polar surface area (TPSA) is 84.7 Å². The van der Waals surface area contributed by atoms with E-state index in [2.05, 4.69) is 35.4 Å². The van der Waals surface area contributed by atoms with E-state index in [1.54, 1.807) is 0 Å². The molecule has 0 unspecified atom stereocenters. The van der Waals surface area contributed by atoms with E-state index in [9.17, 15) is 8.42 Å². The van der Waals surface area contributed by atoms with E-state index in [1.807, 2.05) is 41.1 Å². The molecular formula is C23H29N3O4S. The number of ether oxygens (including phenoxy) is 1. The van der Waals surface area contributed by atoms with Crippen LogP contribution < -0.4 is 4.74 Å². The Balaban J connectivity index is 0.000000491. The lowest BCUT2D eigenvalue weighted by atomic mass is 10.1. The molecule has 1 saturated heterocycles. The molecule has 0 spiro atoms. The van der Waals surface area contributed by atoms with E-state index in [0.29, 0.717) is 18.7 Å². The molecule has 0 radical (unpaired) electrons. The van der Waals surface area contributed by atoms with Crippen molar-refractivity contribution in [2.24, 2.45) is 0 Å². The van der Waals surface area contributed by atoms with E-state index in [-0.39, 0.29) is 0 Å². The molecule has 0 amide bonds. The van der Waals surface area contributed by atoms with Gasteiger partial charge >= 0.3 is 0 Å². The summed E-state index contributed by atoms with van der Waals surface area (Å²) in [4.78, 5) is 2.52. The molecule has 166 valence electrons. The Morgan fingerprint density at radius 1 is 1.00 bits per heavy atom. The molecule has 1 N–H and O–H groups in total. The fourth-order valence-electron chi connectivity index (χ4n) is 3.46. The van der Waals surface area contributed by atoms with Crippen LogP contribution in [0.5, 0.6) is 5.88 Å². The van der Waals surface area contributed by atoms with E-state index in [4.69, 9.17) is 14.4 Å². The first-order chi connectivity index (χ1) is 14.9. The Bertz CT molecular complexity index is 1020. The number of likely N-dealkylation sites (tertiary alicyclic amines) is 1. The van der Waals surface area contributed by atoms with Gasteiger partial charge in [0, 0.05) is 12.7 Å². The minimum Gasteiger partial charge on any atom is -0.476 e. The molecule has 1 aliphatic heterocycles. The zero-order chi connectivity index (χ0) is 22.1. The van der Waals surface area contributed by atoms with Gasteiger partial charge in [-0.15, -0.1) is 5.10 Å². The van der Waals surface area contributed by atoms with Crippen molar-refractivity contribution in [2.45, 2.75) is 19.3 Å². The predicted molar refractivity (Wildman–Crippen MR) is 122 cm³/mol. The van der Waals surface area contributed by atoms with Crippen LogP contribution in [0.2, 0.25) is 0 Å². The molecule has 0 atom stereocenters. The van der Waals surface area contributed by atoms with Crippen molar-refractivity contribution in [3.63, 3.8) is 0 Å². The van der Waals surface area contributed by atoms with E-state index < -0.39 is 10.1 Å². The summed E-state index contributed by atoms with van der Waals surface area (Å²) in [6, 6.07) is 20.5. The number of rotatable bonds is 7. The maximum atomic E-state index is 9.19. The Morgan fingerprint density at radius 3 is 2.19 bits per heavy atom. The number of nitrogens with zero attached hydrogens (tertiary/aromatic N) is 3. The summed E-state index contributed by atoms with van der Waals surface area (Å²) in [7, 11) is -3.67. The molecule has 0 saturated carbocycles. The monoisotopic (exact) mass is 443 g/mol. The van der Waals surface area contributed by atoms with Crippen LogP contribution in [0.1, 0.15) is 19.3 Å². The normalized spacial score (nSPS) is 14.1. The minimum absolute atomic E-state index is 0.697. The fourth-order valence-corrected chi connectivity index (χ4v) is 3.46. The highest BCUT2D eigenvalue weighted by molar-refractivity contribution is 7.85. The van der Waals surface area contributed by atoms with Crippen LogP contribution in [0.25, 0.3) is 16.8 Å². The third-order valence-corrected chi connectivity index (χ3v) is 4.84. The van der Waals surface area contributed by atoms with Crippen LogP contribution in [0.4, 0.5) is 0 Å². The highest BCUT2D eigenvalue weighted by Gasteiger charge is 2.14. The quantitative estimate of drug-likeness (QED) is 0.440. The van der Waals surface area contributed by atoms with Crippen molar-refractivity contribution in [3.05, 3.63) is 66.9 Å². The second-order valence-electron chi connectivity index (χ2n) is 7.48. The second kappa shape index (κ2) is 11.1. The number of benzene rings is 2. The lowest BCUT2D eigenvalue weighted by molar-refractivity contribution is 0.257. The standard InChI is InChI=1S/C22H25N3O.CH4O3S/c1-3-10-19(11-4-1)21-18-25(20-12-5-2-6-13-20)23-22(21)26-17-9-16-24-14-7-8-15-24;1-5(2,3)4/h1-6,10-13,18H,7-9,14-17H2;1H3,(H,2,3,4). The molecule has 4 rings (SSSR count). The molecule has 7 nitrogen and oxygen atoms in total. The molecule has 1 aromatic heterocycles. The molecule has 0 aliphatic carbocycles. The second-order valence-corrected chi connectivity index (χ2v) is 8.94. The van der Waals surface area contributed by atoms with Crippen LogP contribution in [0, 0.1) is 0 Å². The first-order valence-corrected chi connectivity index (χ1v) is 12.2. The van der Waals surface area contributed by atoms with Gasteiger partial charge in [0.2, 0.25) is 5.88 Å². The van der Waals surface area contributed by atoms with Crippen molar-refractivity contribution in [2.75, 3.05) is 32.5 Å². The smallest absolute Gasteiger partial charge is 0.261 e. The minimum atomic E-state index is -3.67. The van der Waals surface area contributed by atoms with Gasteiger partial charge < -0.3 is 9.64 Å². The summed E-state index contributed by atoms with van der Waals surface area (Å²) in [6.07, 6.45) is 6.47. The number of hydrogen-bond donors (Lipinski definition) is 1. The van der Waals surface area contributed by atoms with Gasteiger partial charge in [-0.25, -0.2) is 4.68 Å². The summed E-state index contributed by atoms with van der Waals surface area (Å²) in [6.45, 7) is 4.28. The van der Waals surface area contributed by atoms with Crippen molar-refractivity contribution >= 4 is 10.1 Å². The Kier molecular flexibility index (Phi) is 8.22. The number of aromatic nitrogens is 2. The van der Waals surface area contributed by atoms with Gasteiger partial charge in [-0.2, -0.15) is 8.42 Å². The van der Waals surface area contributed by atoms with Crippen molar-refractivity contribution in [3.8, 4) is 22.7 Å². The van der Waals surface area contributed by atoms with Gasteiger partial charge in [0.05, 0.1) is 24.1 Å². The Morgan fingerprint density at radius 2 is 1.58 bits per heavy atom. The van der Waals surface area contributed by atoms with Crippen molar-refractivity contribution < 1.29 is 17.7 Å². The van der Waals surface area contributed by atoms with E-state index in [1.165, 1.54) is 25.9 Å². The van der Waals surface area contributed by atoms with Crippen molar-refractivity contribution in [1.82, 2.24) is 14.7 Å². The summed E-state index contributed by atoms with van der Waals surface area (Å²) in [5.41, 5.74) is 3.21. The first-order valence-electron chi connectivity index (χ1n) is 10.4. The predicted octanol–water partition coefficient (Wildman–Crippen LogP) is 3.91. The van der Waals surface area contributed by atoms with Crippen LogP contribution in [-0.2, 0) is 10.1 Å². The maximum Gasteiger partial charge on any atom is 0.261 e. The van der Waals surface area contributed by atoms with Gasteiger partial charge in [0.25, 0.3) is 10.1 Å². The highest BCUT2D eigenvalue weighted by Crippen LogP contribution is 2.30. The van der Waals surface area contributed by atoms with Crippen molar-refractivity contribution in [1.29, 1.82) is 0 Å². The van der Waals surface area contributed by atoms with Gasteiger partial charge in [-0.1, -0.05) is 48.5 Å². The lowest BCUT2D eigenvalue weighted by Gasteiger charge is -2.14. The summed E-state index contributed by atoms with van der Waals surface area (Å²) in [5.74, 6) is 0.710. The van der Waals surface area contributed by atoms with Crippen LogP contribution >= 0.6 is 0 Å². The maximum absolute atomic E-state index is 9.19.